The highest BCUT2D eigenvalue weighted by Gasteiger charge is 2.65. The predicted octanol–water partition coefficient (Wildman–Crippen LogP) is 2.97. The van der Waals surface area contributed by atoms with Gasteiger partial charge >= 0.3 is 5.97 Å². The molecule has 0 aliphatic carbocycles. The molecule has 1 saturated heterocycles. The zero-order valence-corrected chi connectivity index (χ0v) is 14.0. The molecule has 1 amide bonds. The second kappa shape index (κ2) is 5.28. The third-order valence-corrected chi connectivity index (χ3v) is 4.95. The van der Waals surface area contributed by atoms with Crippen LogP contribution in [-0.4, -0.2) is 23.4 Å². The van der Waals surface area contributed by atoms with Gasteiger partial charge in [0.25, 0.3) is 5.72 Å². The predicted molar refractivity (Wildman–Crippen MR) is 91.3 cm³/mol. The van der Waals surface area contributed by atoms with E-state index in [0.717, 1.165) is 11.1 Å². The van der Waals surface area contributed by atoms with E-state index in [1.165, 1.54) is 11.8 Å². The molecule has 0 aromatic heterocycles. The van der Waals surface area contributed by atoms with E-state index in [4.69, 9.17) is 4.74 Å². The molecule has 1 spiro atoms. The van der Waals surface area contributed by atoms with Gasteiger partial charge in [-0.05, 0) is 24.6 Å². The largest absolute Gasteiger partial charge is 0.430 e. The molecule has 1 fully saturated rings. The Morgan fingerprint density at radius 2 is 1.80 bits per heavy atom. The first kappa shape index (κ1) is 15.6. The van der Waals surface area contributed by atoms with E-state index in [2.05, 4.69) is 0 Å². The number of benzene rings is 2. The van der Waals surface area contributed by atoms with Gasteiger partial charge in [-0.1, -0.05) is 42.0 Å². The minimum atomic E-state index is -1.62. The number of amides is 1. The molecule has 126 valence electrons. The fourth-order valence-corrected chi connectivity index (χ4v) is 3.88. The molecule has 2 aromatic carbocycles. The quantitative estimate of drug-likeness (QED) is 0.752. The Balaban J connectivity index is 1.93. The van der Waals surface area contributed by atoms with Gasteiger partial charge in [-0.25, -0.2) is 0 Å². The standard InChI is InChI=1S/C20H17NO4/c1-12-7-9-14(10-8-12)16-11-18(23)25-20(16)19(24)15-5-3-4-6-17(15)21(20)13(2)22/h3-10,16H,11H2,1-2H3. The van der Waals surface area contributed by atoms with Crippen LogP contribution < -0.4 is 4.90 Å². The fraction of sp³-hybridized carbons (Fsp3) is 0.250. The van der Waals surface area contributed by atoms with Gasteiger partial charge in [0, 0.05) is 12.5 Å². The topological polar surface area (TPSA) is 63.7 Å². The summed E-state index contributed by atoms with van der Waals surface area (Å²) in [6, 6.07) is 14.5. The van der Waals surface area contributed by atoms with Crippen molar-refractivity contribution >= 4 is 23.3 Å². The molecular formula is C20H17NO4. The lowest BCUT2D eigenvalue weighted by Crippen LogP contribution is -2.55. The minimum absolute atomic E-state index is 0.0621. The molecule has 5 nitrogen and oxygen atoms in total. The molecule has 0 radical (unpaired) electrons. The number of anilines is 1. The van der Waals surface area contributed by atoms with Gasteiger partial charge in [0.1, 0.15) is 0 Å². The SMILES string of the molecule is CC(=O)N1c2ccccc2C(=O)C12OC(=O)CC2c1ccc(C)cc1. The number of aryl methyl sites for hydroxylation is 1. The summed E-state index contributed by atoms with van der Waals surface area (Å²) in [5, 5.41) is 0. The van der Waals surface area contributed by atoms with E-state index >= 15 is 0 Å². The van der Waals surface area contributed by atoms with Crippen molar-refractivity contribution in [3.8, 4) is 0 Å². The van der Waals surface area contributed by atoms with Crippen LogP contribution >= 0.6 is 0 Å². The number of carbonyl (C=O) groups is 3. The van der Waals surface area contributed by atoms with Gasteiger partial charge in [-0.3, -0.25) is 19.3 Å². The highest BCUT2D eigenvalue weighted by Crippen LogP contribution is 2.52. The van der Waals surface area contributed by atoms with Crippen molar-refractivity contribution in [1.82, 2.24) is 0 Å². The molecule has 5 heteroatoms. The fourth-order valence-electron chi connectivity index (χ4n) is 3.88. The summed E-state index contributed by atoms with van der Waals surface area (Å²) < 4.78 is 5.59. The van der Waals surface area contributed by atoms with Crippen LogP contribution in [0.15, 0.2) is 48.5 Å². The van der Waals surface area contributed by atoms with Gasteiger partial charge in [0.05, 0.1) is 18.0 Å². The molecule has 0 bridgehead atoms. The van der Waals surface area contributed by atoms with Crippen LogP contribution in [0.1, 0.15) is 40.7 Å². The zero-order chi connectivity index (χ0) is 17.8. The molecule has 2 unspecified atom stereocenters. The van der Waals surface area contributed by atoms with Crippen molar-refractivity contribution in [1.29, 1.82) is 0 Å². The maximum absolute atomic E-state index is 13.3. The maximum Gasteiger partial charge on any atom is 0.309 e. The number of esters is 1. The maximum atomic E-state index is 13.3. The number of fused-ring (bicyclic) bond motifs is 1. The van der Waals surface area contributed by atoms with Crippen molar-refractivity contribution < 1.29 is 19.1 Å². The highest BCUT2D eigenvalue weighted by atomic mass is 16.6. The normalized spacial score (nSPS) is 24.6. The van der Waals surface area contributed by atoms with Crippen molar-refractivity contribution in [2.24, 2.45) is 0 Å². The lowest BCUT2D eigenvalue weighted by atomic mass is 9.84. The van der Waals surface area contributed by atoms with Gasteiger partial charge in [0.15, 0.2) is 0 Å². The summed E-state index contributed by atoms with van der Waals surface area (Å²) >= 11 is 0. The Morgan fingerprint density at radius 1 is 1.12 bits per heavy atom. The number of ether oxygens (including phenoxy) is 1. The molecule has 25 heavy (non-hydrogen) atoms. The first-order valence-corrected chi connectivity index (χ1v) is 8.18. The smallest absolute Gasteiger partial charge is 0.309 e. The van der Waals surface area contributed by atoms with Crippen LogP contribution in [0, 0.1) is 6.92 Å². The number of para-hydroxylation sites is 1. The monoisotopic (exact) mass is 335 g/mol. The summed E-state index contributed by atoms with van der Waals surface area (Å²) in [4.78, 5) is 39.3. The second-order valence-electron chi connectivity index (χ2n) is 6.54. The number of nitrogens with zero attached hydrogens (tertiary/aromatic N) is 1. The summed E-state index contributed by atoms with van der Waals surface area (Å²) in [5.74, 6) is -1.68. The van der Waals surface area contributed by atoms with Crippen LogP contribution in [0.25, 0.3) is 0 Å². The summed E-state index contributed by atoms with van der Waals surface area (Å²) in [6.45, 7) is 3.35. The van der Waals surface area contributed by atoms with Crippen molar-refractivity contribution in [3.05, 3.63) is 65.2 Å². The van der Waals surface area contributed by atoms with E-state index in [-0.39, 0.29) is 18.1 Å². The van der Waals surface area contributed by atoms with E-state index in [0.29, 0.717) is 11.3 Å². The average Bonchev–Trinajstić information content (AvgIpc) is 3.05. The molecule has 0 saturated carbocycles. The van der Waals surface area contributed by atoms with E-state index in [1.54, 1.807) is 24.3 Å². The van der Waals surface area contributed by atoms with Crippen molar-refractivity contribution in [2.75, 3.05) is 4.90 Å². The molecule has 4 rings (SSSR count). The Hall–Kier alpha value is -2.95. The molecule has 2 atom stereocenters. The number of Topliss-reactive ketones (excluding diaryl/α,β-unsaturated/α-hetero) is 1. The second-order valence-corrected chi connectivity index (χ2v) is 6.54. The minimum Gasteiger partial charge on any atom is -0.430 e. The number of ketones is 1. The Morgan fingerprint density at radius 3 is 2.48 bits per heavy atom. The molecular weight excluding hydrogens is 318 g/mol. The van der Waals surface area contributed by atoms with E-state index in [9.17, 15) is 14.4 Å². The molecule has 2 aromatic rings. The van der Waals surface area contributed by atoms with Crippen LogP contribution in [0.4, 0.5) is 5.69 Å². The lowest BCUT2D eigenvalue weighted by molar-refractivity contribution is -0.146. The summed E-state index contributed by atoms with van der Waals surface area (Å²) in [7, 11) is 0. The summed E-state index contributed by atoms with van der Waals surface area (Å²) in [6.07, 6.45) is 0.0621. The number of hydrogen-bond acceptors (Lipinski definition) is 4. The zero-order valence-electron chi connectivity index (χ0n) is 14.0. The summed E-state index contributed by atoms with van der Waals surface area (Å²) in [5.41, 5.74) is 1.16. The van der Waals surface area contributed by atoms with Crippen molar-refractivity contribution in [3.63, 3.8) is 0 Å². The third-order valence-electron chi connectivity index (χ3n) is 4.95. The van der Waals surface area contributed by atoms with Gasteiger partial charge in [-0.2, -0.15) is 0 Å². The van der Waals surface area contributed by atoms with Gasteiger partial charge in [-0.15, -0.1) is 0 Å². The number of rotatable bonds is 1. The Labute approximate surface area is 145 Å². The Bertz CT molecular complexity index is 902. The van der Waals surface area contributed by atoms with Crippen LogP contribution in [0.3, 0.4) is 0 Å². The molecule has 2 heterocycles. The first-order chi connectivity index (χ1) is 11.9. The molecule has 2 aliphatic rings. The highest BCUT2D eigenvalue weighted by molar-refractivity contribution is 6.21. The van der Waals surface area contributed by atoms with Gasteiger partial charge in [0.2, 0.25) is 11.7 Å². The van der Waals surface area contributed by atoms with Crippen LogP contribution in [-0.2, 0) is 14.3 Å². The number of hydrogen-bond donors (Lipinski definition) is 0. The van der Waals surface area contributed by atoms with E-state index < -0.39 is 17.6 Å². The van der Waals surface area contributed by atoms with Crippen LogP contribution in [0.2, 0.25) is 0 Å². The Kier molecular flexibility index (Phi) is 3.29. The molecule has 0 N–H and O–H groups in total. The lowest BCUT2D eigenvalue weighted by Gasteiger charge is -2.36. The van der Waals surface area contributed by atoms with E-state index in [1.807, 2.05) is 31.2 Å². The number of carbonyl (C=O) groups excluding carboxylic acids is 3. The average molecular weight is 335 g/mol. The first-order valence-electron chi connectivity index (χ1n) is 8.18. The van der Waals surface area contributed by atoms with Gasteiger partial charge < -0.3 is 4.74 Å². The molecule has 2 aliphatic heterocycles. The van der Waals surface area contributed by atoms with Crippen molar-refractivity contribution in [2.45, 2.75) is 31.9 Å². The van der Waals surface area contributed by atoms with Crippen LogP contribution in [0.5, 0.6) is 0 Å². The third kappa shape index (κ3) is 2.05.